The van der Waals surface area contributed by atoms with E-state index < -0.39 is 6.10 Å². The van der Waals surface area contributed by atoms with Gasteiger partial charge in [0.1, 0.15) is 13.2 Å². The van der Waals surface area contributed by atoms with Gasteiger partial charge in [-0.2, -0.15) is 0 Å². The molecule has 0 saturated carbocycles. The Morgan fingerprint density at radius 2 is 0.476 bits per heavy atom. The minimum Gasteiger partial charge on any atom is -0.462 e. The lowest BCUT2D eigenvalue weighted by molar-refractivity contribution is -0.167. The zero-order chi connectivity index (χ0) is 59.2. The van der Waals surface area contributed by atoms with Gasteiger partial charge in [0.2, 0.25) is 0 Å². The van der Waals surface area contributed by atoms with E-state index >= 15 is 0 Å². The standard InChI is InChI=1S/C76H124O6/c1-4-7-10-13-16-18-20-22-24-26-28-30-32-34-35-36-37-38-39-40-41-43-44-46-48-50-52-54-56-58-60-63-66-69-75(78)81-72-73(71-80-74(77)68-65-62-15-12-9-6-3)82-76(79)70-67-64-61-59-57-55-53-51-49-47-45-42-33-31-29-27-25-23-21-19-17-14-11-8-5-2/h7-8,10-11,16-19,22-25,28-31,34-35,37-38,42,45,49,51,73H,4-6,9,12-15,20-21,26-27,32-33,36,39-41,43-44,46-48,50,52-72H2,1-3H3/b10-7-,11-8-,18-16-,19-17-,24-22-,25-23-,30-28-,31-29-,35-34-,38-37-,45-42-,51-49-. The van der Waals surface area contributed by atoms with Crippen LogP contribution in [0.2, 0.25) is 0 Å². The molecule has 0 fully saturated rings. The molecule has 0 aromatic carbocycles. The van der Waals surface area contributed by atoms with Crippen LogP contribution < -0.4 is 0 Å². The van der Waals surface area contributed by atoms with Crippen molar-refractivity contribution in [2.75, 3.05) is 13.2 Å². The van der Waals surface area contributed by atoms with Gasteiger partial charge >= 0.3 is 17.9 Å². The lowest BCUT2D eigenvalue weighted by Gasteiger charge is -2.18. The SMILES string of the molecule is CC/C=C\C/C=C\C/C=C\C/C=C\C/C=C\C/C=C\CCCCCCCCCCCCCCCCC(=O)OCC(COC(=O)CCCCCCCC)OC(=O)CCCCCCCC/C=C\C/C=C\C/C=C\C/C=C\C/C=C\C/C=C\CC. The van der Waals surface area contributed by atoms with Crippen molar-refractivity contribution in [1.29, 1.82) is 0 Å². The van der Waals surface area contributed by atoms with Gasteiger partial charge < -0.3 is 14.2 Å². The molecule has 0 heterocycles. The summed E-state index contributed by atoms with van der Waals surface area (Å²) in [6.07, 6.45) is 99.0. The van der Waals surface area contributed by atoms with E-state index in [0.717, 1.165) is 148 Å². The first-order chi connectivity index (χ1) is 40.5. The largest absolute Gasteiger partial charge is 0.462 e. The second-order valence-electron chi connectivity index (χ2n) is 22.0. The van der Waals surface area contributed by atoms with E-state index in [1.807, 2.05) is 0 Å². The van der Waals surface area contributed by atoms with Crippen molar-refractivity contribution in [1.82, 2.24) is 0 Å². The Labute approximate surface area is 506 Å². The van der Waals surface area contributed by atoms with Crippen molar-refractivity contribution in [2.45, 2.75) is 303 Å². The van der Waals surface area contributed by atoms with Gasteiger partial charge in [-0.05, 0) is 122 Å². The van der Waals surface area contributed by atoms with Gasteiger partial charge in [-0.1, -0.05) is 301 Å². The molecule has 0 spiro atoms. The highest BCUT2D eigenvalue weighted by molar-refractivity contribution is 5.71. The molecule has 82 heavy (non-hydrogen) atoms. The number of carbonyl (C=O) groups excluding carboxylic acids is 3. The number of rotatable bonds is 60. The third-order valence-electron chi connectivity index (χ3n) is 14.1. The molecular weight excluding hydrogens is 1010 g/mol. The van der Waals surface area contributed by atoms with Crippen LogP contribution in [-0.4, -0.2) is 37.2 Å². The van der Waals surface area contributed by atoms with E-state index in [0.29, 0.717) is 19.3 Å². The Balaban J connectivity index is 4.09. The highest BCUT2D eigenvalue weighted by atomic mass is 16.6. The maximum Gasteiger partial charge on any atom is 0.306 e. The van der Waals surface area contributed by atoms with Crippen LogP contribution in [0.15, 0.2) is 146 Å². The van der Waals surface area contributed by atoms with Crippen molar-refractivity contribution in [3.05, 3.63) is 146 Å². The van der Waals surface area contributed by atoms with Crippen LogP contribution in [0, 0.1) is 0 Å². The van der Waals surface area contributed by atoms with Crippen LogP contribution in [-0.2, 0) is 28.6 Å². The van der Waals surface area contributed by atoms with Gasteiger partial charge in [-0.3, -0.25) is 14.4 Å². The minimum absolute atomic E-state index is 0.0865. The fraction of sp³-hybridized carbons (Fsp3) is 0.645. The molecule has 0 aliphatic rings. The van der Waals surface area contributed by atoms with Crippen LogP contribution in [0.1, 0.15) is 297 Å². The average Bonchev–Trinajstić information content (AvgIpc) is 3.47. The van der Waals surface area contributed by atoms with E-state index in [2.05, 4.69) is 167 Å². The molecule has 0 aliphatic heterocycles. The molecule has 1 unspecified atom stereocenters. The first-order valence-corrected chi connectivity index (χ1v) is 33.8. The van der Waals surface area contributed by atoms with Crippen molar-refractivity contribution in [3.63, 3.8) is 0 Å². The summed E-state index contributed by atoms with van der Waals surface area (Å²) in [7, 11) is 0. The zero-order valence-electron chi connectivity index (χ0n) is 53.2. The highest BCUT2D eigenvalue weighted by Crippen LogP contribution is 2.16. The Morgan fingerprint density at radius 3 is 0.744 bits per heavy atom. The summed E-state index contributed by atoms with van der Waals surface area (Å²) in [6.45, 7) is 6.35. The molecule has 6 heteroatoms. The Morgan fingerprint density at radius 1 is 0.256 bits per heavy atom. The number of hydrogen-bond donors (Lipinski definition) is 0. The third-order valence-corrected chi connectivity index (χ3v) is 14.1. The van der Waals surface area contributed by atoms with Crippen molar-refractivity contribution in [3.8, 4) is 0 Å². The minimum atomic E-state index is -0.788. The molecule has 6 nitrogen and oxygen atoms in total. The summed E-state index contributed by atoms with van der Waals surface area (Å²) in [4.78, 5) is 38.1. The van der Waals surface area contributed by atoms with Crippen LogP contribution >= 0.6 is 0 Å². The van der Waals surface area contributed by atoms with E-state index in [9.17, 15) is 14.4 Å². The molecule has 1 atom stereocenters. The van der Waals surface area contributed by atoms with E-state index in [-0.39, 0.29) is 31.1 Å². The summed E-state index contributed by atoms with van der Waals surface area (Å²) in [6, 6.07) is 0. The quantitative estimate of drug-likeness (QED) is 0.0261. The smallest absolute Gasteiger partial charge is 0.306 e. The van der Waals surface area contributed by atoms with Crippen LogP contribution in [0.5, 0.6) is 0 Å². The van der Waals surface area contributed by atoms with Gasteiger partial charge in [0, 0.05) is 19.3 Å². The fourth-order valence-electron chi connectivity index (χ4n) is 9.10. The van der Waals surface area contributed by atoms with Gasteiger partial charge in [0.25, 0.3) is 0 Å². The van der Waals surface area contributed by atoms with Gasteiger partial charge in [0.05, 0.1) is 0 Å². The predicted octanol–water partition coefficient (Wildman–Crippen LogP) is 23.5. The van der Waals surface area contributed by atoms with E-state index in [1.165, 1.54) is 109 Å². The van der Waals surface area contributed by atoms with Gasteiger partial charge in [-0.15, -0.1) is 0 Å². The number of allylic oxidation sites excluding steroid dienone is 24. The highest BCUT2D eigenvalue weighted by Gasteiger charge is 2.19. The summed E-state index contributed by atoms with van der Waals surface area (Å²) < 4.78 is 16.8. The lowest BCUT2D eigenvalue weighted by atomic mass is 10.0. The molecule has 0 radical (unpaired) electrons. The molecular formula is C76H124O6. The third kappa shape index (κ3) is 66.1. The number of hydrogen-bond acceptors (Lipinski definition) is 6. The number of esters is 3. The Hall–Kier alpha value is -4.71. The van der Waals surface area contributed by atoms with Crippen LogP contribution in [0.25, 0.3) is 0 Å². The lowest BCUT2D eigenvalue weighted by Crippen LogP contribution is -2.30. The molecule has 0 aliphatic carbocycles. The molecule has 0 N–H and O–H groups in total. The second kappa shape index (κ2) is 68.8. The molecule has 0 bridgehead atoms. The fourth-order valence-corrected chi connectivity index (χ4v) is 9.10. The van der Waals surface area contributed by atoms with Crippen LogP contribution in [0.4, 0.5) is 0 Å². The molecule has 0 saturated heterocycles. The molecule has 0 amide bonds. The Bertz CT molecular complexity index is 1780. The molecule has 0 aromatic heterocycles. The summed E-state index contributed by atoms with van der Waals surface area (Å²) >= 11 is 0. The Kier molecular flexibility index (Phi) is 64.8. The first kappa shape index (κ1) is 77.3. The maximum atomic E-state index is 12.9. The molecule has 0 rings (SSSR count). The van der Waals surface area contributed by atoms with Crippen molar-refractivity contribution in [2.24, 2.45) is 0 Å². The molecule has 464 valence electrons. The van der Waals surface area contributed by atoms with Gasteiger partial charge in [-0.25, -0.2) is 0 Å². The maximum absolute atomic E-state index is 12.9. The number of carbonyl (C=O) groups is 3. The van der Waals surface area contributed by atoms with Crippen molar-refractivity contribution < 1.29 is 28.6 Å². The van der Waals surface area contributed by atoms with E-state index in [1.54, 1.807) is 0 Å². The summed E-state index contributed by atoms with van der Waals surface area (Å²) in [5.74, 6) is -0.909. The monoisotopic (exact) mass is 1130 g/mol. The topological polar surface area (TPSA) is 78.9 Å². The number of ether oxygens (including phenoxy) is 3. The molecule has 0 aromatic rings. The zero-order valence-corrected chi connectivity index (χ0v) is 53.2. The predicted molar refractivity (Wildman–Crippen MR) is 357 cm³/mol. The van der Waals surface area contributed by atoms with Crippen molar-refractivity contribution >= 4 is 17.9 Å². The summed E-state index contributed by atoms with van der Waals surface area (Å²) in [5, 5.41) is 0. The second-order valence-corrected chi connectivity index (χ2v) is 22.0. The number of unbranched alkanes of at least 4 members (excludes halogenated alkanes) is 25. The summed E-state index contributed by atoms with van der Waals surface area (Å²) in [5.41, 5.74) is 0. The first-order valence-electron chi connectivity index (χ1n) is 33.8. The average molecular weight is 1130 g/mol. The van der Waals surface area contributed by atoms with Gasteiger partial charge in [0.15, 0.2) is 6.10 Å². The van der Waals surface area contributed by atoms with E-state index in [4.69, 9.17) is 14.2 Å². The van der Waals surface area contributed by atoms with Crippen LogP contribution in [0.3, 0.4) is 0 Å². The normalized spacial score (nSPS) is 13.1.